The number of carbonyl (C=O) groups is 1. The minimum Gasteiger partial charge on any atom is -0.353 e. The molecule has 106 valence electrons. The van der Waals surface area contributed by atoms with Gasteiger partial charge in [-0.15, -0.1) is 11.8 Å². The standard InChI is InChI=1S/C15H22ClNOS/c1-11(2)12(3)17-15(18)5-4-10-19-14-8-6-13(16)7-9-14/h6-9,11-12H,4-5,10H2,1-3H3,(H,17,18)/t12-/m0/s1. The molecule has 0 aromatic heterocycles. The van der Waals surface area contributed by atoms with Crippen molar-refractivity contribution >= 4 is 29.3 Å². The first-order valence-electron chi connectivity index (χ1n) is 6.66. The maximum absolute atomic E-state index is 11.7. The van der Waals surface area contributed by atoms with Gasteiger partial charge in [-0.1, -0.05) is 25.4 Å². The van der Waals surface area contributed by atoms with E-state index < -0.39 is 0 Å². The van der Waals surface area contributed by atoms with Crippen LogP contribution in [0.15, 0.2) is 29.2 Å². The van der Waals surface area contributed by atoms with Crippen LogP contribution in [0.2, 0.25) is 5.02 Å². The lowest BCUT2D eigenvalue weighted by Crippen LogP contribution is -2.35. The summed E-state index contributed by atoms with van der Waals surface area (Å²) in [6.07, 6.45) is 1.49. The second kappa shape index (κ2) is 8.49. The van der Waals surface area contributed by atoms with Crippen molar-refractivity contribution in [1.82, 2.24) is 5.32 Å². The molecule has 1 N–H and O–H groups in total. The molecular weight excluding hydrogens is 278 g/mol. The summed E-state index contributed by atoms with van der Waals surface area (Å²) < 4.78 is 0. The molecule has 4 heteroatoms. The fraction of sp³-hybridized carbons (Fsp3) is 0.533. The average Bonchev–Trinajstić information content (AvgIpc) is 2.36. The summed E-state index contributed by atoms with van der Waals surface area (Å²) in [5.74, 6) is 1.58. The molecule has 1 aromatic rings. The number of nitrogens with one attached hydrogen (secondary N) is 1. The van der Waals surface area contributed by atoms with Crippen LogP contribution < -0.4 is 5.32 Å². The van der Waals surface area contributed by atoms with Crippen LogP contribution >= 0.6 is 23.4 Å². The second-order valence-corrected chi connectivity index (χ2v) is 6.61. The van der Waals surface area contributed by atoms with E-state index in [1.807, 2.05) is 31.2 Å². The van der Waals surface area contributed by atoms with Crippen molar-refractivity contribution in [3.63, 3.8) is 0 Å². The predicted octanol–water partition coefficient (Wildman–Crippen LogP) is 4.37. The number of hydrogen-bond acceptors (Lipinski definition) is 2. The number of hydrogen-bond donors (Lipinski definition) is 1. The van der Waals surface area contributed by atoms with Crippen LogP contribution in [0.1, 0.15) is 33.6 Å². The van der Waals surface area contributed by atoms with Crippen molar-refractivity contribution < 1.29 is 4.79 Å². The van der Waals surface area contributed by atoms with Gasteiger partial charge in [-0.2, -0.15) is 0 Å². The van der Waals surface area contributed by atoms with Gasteiger partial charge in [0.2, 0.25) is 5.91 Å². The molecule has 0 spiro atoms. The molecular formula is C15H22ClNOS. The Balaban J connectivity index is 2.17. The van der Waals surface area contributed by atoms with Crippen LogP contribution in [-0.2, 0) is 4.79 Å². The molecule has 0 aliphatic heterocycles. The molecule has 1 aromatic carbocycles. The molecule has 0 radical (unpaired) electrons. The molecule has 2 nitrogen and oxygen atoms in total. The topological polar surface area (TPSA) is 29.1 Å². The van der Waals surface area contributed by atoms with Crippen LogP contribution in [0.4, 0.5) is 0 Å². The van der Waals surface area contributed by atoms with Crippen LogP contribution in [0.25, 0.3) is 0 Å². The lowest BCUT2D eigenvalue weighted by Gasteiger charge is -2.17. The van der Waals surface area contributed by atoms with Crippen LogP contribution in [-0.4, -0.2) is 17.7 Å². The van der Waals surface area contributed by atoms with Crippen molar-refractivity contribution in [2.75, 3.05) is 5.75 Å². The number of benzene rings is 1. The first-order valence-corrected chi connectivity index (χ1v) is 8.03. The summed E-state index contributed by atoms with van der Waals surface area (Å²) in [7, 11) is 0. The maximum Gasteiger partial charge on any atom is 0.220 e. The Labute approximate surface area is 125 Å². The highest BCUT2D eigenvalue weighted by Gasteiger charge is 2.10. The molecule has 1 amide bonds. The summed E-state index contributed by atoms with van der Waals surface area (Å²) in [5, 5.41) is 3.78. The largest absolute Gasteiger partial charge is 0.353 e. The van der Waals surface area contributed by atoms with Crippen molar-refractivity contribution in [3.05, 3.63) is 29.3 Å². The Hall–Kier alpha value is -0.670. The average molecular weight is 300 g/mol. The molecule has 0 saturated heterocycles. The van der Waals surface area contributed by atoms with Crippen LogP contribution in [0.5, 0.6) is 0 Å². The van der Waals surface area contributed by atoms with Gasteiger partial charge in [0.1, 0.15) is 0 Å². The Bertz CT molecular complexity index is 392. The number of rotatable bonds is 7. The lowest BCUT2D eigenvalue weighted by atomic mass is 10.1. The second-order valence-electron chi connectivity index (χ2n) is 5.01. The molecule has 1 rings (SSSR count). The van der Waals surface area contributed by atoms with Gasteiger partial charge < -0.3 is 5.32 Å². The first kappa shape index (κ1) is 16.4. The van der Waals surface area contributed by atoms with Crippen LogP contribution in [0.3, 0.4) is 0 Å². The highest BCUT2D eigenvalue weighted by Crippen LogP contribution is 2.21. The number of carbonyl (C=O) groups excluding carboxylic acids is 1. The normalized spacial score (nSPS) is 12.5. The first-order chi connectivity index (χ1) is 8.99. The van der Waals surface area contributed by atoms with Crippen molar-refractivity contribution in [2.45, 2.75) is 44.6 Å². The van der Waals surface area contributed by atoms with Gasteiger partial charge in [0, 0.05) is 22.4 Å². The van der Waals surface area contributed by atoms with Crippen molar-refractivity contribution in [1.29, 1.82) is 0 Å². The molecule has 1 atom stereocenters. The predicted molar refractivity (Wildman–Crippen MR) is 83.9 cm³/mol. The number of halogens is 1. The lowest BCUT2D eigenvalue weighted by molar-refractivity contribution is -0.121. The Kier molecular flexibility index (Phi) is 7.32. The highest BCUT2D eigenvalue weighted by molar-refractivity contribution is 7.99. The van der Waals surface area contributed by atoms with Gasteiger partial charge >= 0.3 is 0 Å². The number of thioether (sulfide) groups is 1. The quantitative estimate of drug-likeness (QED) is 0.598. The molecule has 0 saturated carbocycles. The maximum atomic E-state index is 11.7. The van der Waals surface area contributed by atoms with Gasteiger partial charge in [0.05, 0.1) is 0 Å². The van der Waals surface area contributed by atoms with Gasteiger partial charge in [-0.3, -0.25) is 4.79 Å². The van der Waals surface area contributed by atoms with Crippen LogP contribution in [0, 0.1) is 5.92 Å². The smallest absolute Gasteiger partial charge is 0.220 e. The van der Waals surface area contributed by atoms with Crippen molar-refractivity contribution in [2.24, 2.45) is 5.92 Å². The van der Waals surface area contributed by atoms with Gasteiger partial charge in [0.25, 0.3) is 0 Å². The molecule has 0 aliphatic carbocycles. The van der Waals surface area contributed by atoms with E-state index in [-0.39, 0.29) is 11.9 Å². The molecule has 0 heterocycles. The third kappa shape index (κ3) is 6.88. The number of amides is 1. The zero-order valence-corrected chi connectivity index (χ0v) is 13.4. The Morgan fingerprint density at radius 2 is 1.89 bits per heavy atom. The Morgan fingerprint density at radius 1 is 1.26 bits per heavy atom. The third-order valence-corrected chi connectivity index (χ3v) is 4.37. The molecule has 0 aliphatic rings. The summed E-state index contributed by atoms with van der Waals surface area (Å²) in [5.41, 5.74) is 0. The minimum absolute atomic E-state index is 0.151. The fourth-order valence-electron chi connectivity index (χ4n) is 1.45. The third-order valence-electron chi connectivity index (χ3n) is 3.02. The van der Waals surface area contributed by atoms with Gasteiger partial charge in [-0.05, 0) is 49.3 Å². The van der Waals surface area contributed by atoms with E-state index in [1.54, 1.807) is 11.8 Å². The van der Waals surface area contributed by atoms with E-state index in [1.165, 1.54) is 4.90 Å². The van der Waals surface area contributed by atoms with E-state index in [2.05, 4.69) is 19.2 Å². The highest BCUT2D eigenvalue weighted by atomic mass is 35.5. The zero-order valence-electron chi connectivity index (χ0n) is 11.8. The minimum atomic E-state index is 0.151. The van der Waals surface area contributed by atoms with E-state index in [0.717, 1.165) is 17.2 Å². The Morgan fingerprint density at radius 3 is 2.47 bits per heavy atom. The van der Waals surface area contributed by atoms with Gasteiger partial charge in [-0.25, -0.2) is 0 Å². The van der Waals surface area contributed by atoms with E-state index in [4.69, 9.17) is 11.6 Å². The van der Waals surface area contributed by atoms with E-state index in [0.29, 0.717) is 12.3 Å². The summed E-state index contributed by atoms with van der Waals surface area (Å²) in [4.78, 5) is 12.9. The van der Waals surface area contributed by atoms with E-state index >= 15 is 0 Å². The monoisotopic (exact) mass is 299 g/mol. The van der Waals surface area contributed by atoms with Gasteiger partial charge in [0.15, 0.2) is 0 Å². The van der Waals surface area contributed by atoms with Crippen molar-refractivity contribution in [3.8, 4) is 0 Å². The summed E-state index contributed by atoms with van der Waals surface area (Å²) in [6.45, 7) is 6.27. The molecule has 19 heavy (non-hydrogen) atoms. The zero-order chi connectivity index (χ0) is 14.3. The SMILES string of the molecule is CC(C)[C@H](C)NC(=O)CCCSc1ccc(Cl)cc1. The van der Waals surface area contributed by atoms with E-state index in [9.17, 15) is 4.79 Å². The summed E-state index contributed by atoms with van der Waals surface area (Å²) in [6, 6.07) is 8.04. The summed E-state index contributed by atoms with van der Waals surface area (Å²) >= 11 is 7.58. The molecule has 0 bridgehead atoms. The molecule has 0 fully saturated rings. The molecule has 0 unspecified atom stereocenters. The fourth-order valence-corrected chi connectivity index (χ4v) is 2.43.